The van der Waals surface area contributed by atoms with Crippen molar-refractivity contribution in [2.75, 3.05) is 19.0 Å². The fourth-order valence-electron chi connectivity index (χ4n) is 2.80. The van der Waals surface area contributed by atoms with Crippen molar-refractivity contribution >= 4 is 27.5 Å². The van der Waals surface area contributed by atoms with Gasteiger partial charge in [-0.2, -0.15) is 5.10 Å². The maximum atomic E-state index is 6.01. The molecule has 1 aliphatic rings. The molecule has 0 radical (unpaired) electrons. The average molecular weight is 349 g/mol. The number of halogens is 2. The predicted octanol–water partition coefficient (Wildman–Crippen LogP) is 3.68. The SMILES string of the molecule is CCc1nn(CC)c(CN2CCCC(CCl)C2)c1Br. The minimum absolute atomic E-state index is 0.651. The van der Waals surface area contributed by atoms with Gasteiger partial charge >= 0.3 is 0 Å². The summed E-state index contributed by atoms with van der Waals surface area (Å²) in [6.45, 7) is 8.51. The van der Waals surface area contributed by atoms with Crippen molar-refractivity contribution in [2.45, 2.75) is 46.2 Å². The fourth-order valence-corrected chi connectivity index (χ4v) is 3.74. The van der Waals surface area contributed by atoms with E-state index < -0.39 is 0 Å². The molecule has 1 fully saturated rings. The van der Waals surface area contributed by atoms with Crippen molar-refractivity contribution < 1.29 is 0 Å². The monoisotopic (exact) mass is 347 g/mol. The summed E-state index contributed by atoms with van der Waals surface area (Å²) in [7, 11) is 0. The fraction of sp³-hybridized carbons (Fsp3) is 0.786. The average Bonchev–Trinajstić information content (AvgIpc) is 2.75. The molecular weight excluding hydrogens is 326 g/mol. The molecule has 1 aromatic heterocycles. The highest BCUT2D eigenvalue weighted by atomic mass is 79.9. The molecular formula is C14H23BrClN3. The molecule has 0 spiro atoms. The zero-order valence-electron chi connectivity index (χ0n) is 11.8. The number of aromatic nitrogens is 2. The molecule has 3 nitrogen and oxygen atoms in total. The van der Waals surface area contributed by atoms with Crippen LogP contribution >= 0.6 is 27.5 Å². The molecule has 0 saturated carbocycles. The van der Waals surface area contributed by atoms with Crippen LogP contribution in [0.15, 0.2) is 4.47 Å². The number of aryl methyl sites for hydroxylation is 2. The summed E-state index contributed by atoms with van der Waals surface area (Å²) >= 11 is 9.74. The van der Waals surface area contributed by atoms with Crippen molar-refractivity contribution in [2.24, 2.45) is 5.92 Å². The molecule has 0 amide bonds. The molecule has 0 N–H and O–H groups in total. The van der Waals surface area contributed by atoms with Gasteiger partial charge in [0.15, 0.2) is 0 Å². The van der Waals surface area contributed by atoms with E-state index in [1.807, 2.05) is 0 Å². The second-order valence-corrected chi connectivity index (χ2v) is 6.38. The Morgan fingerprint density at radius 3 is 2.84 bits per heavy atom. The maximum absolute atomic E-state index is 6.01. The minimum Gasteiger partial charge on any atom is -0.297 e. The largest absolute Gasteiger partial charge is 0.297 e. The number of piperidine rings is 1. The Hall–Kier alpha value is -0.0600. The molecule has 1 aliphatic heterocycles. The van der Waals surface area contributed by atoms with Crippen molar-refractivity contribution in [3.05, 3.63) is 15.9 Å². The van der Waals surface area contributed by atoms with Crippen molar-refractivity contribution in [1.82, 2.24) is 14.7 Å². The van der Waals surface area contributed by atoms with Crippen LogP contribution in [0.1, 0.15) is 38.1 Å². The van der Waals surface area contributed by atoms with Crippen LogP contribution in [0.4, 0.5) is 0 Å². The van der Waals surface area contributed by atoms with Gasteiger partial charge in [0.2, 0.25) is 0 Å². The summed E-state index contributed by atoms with van der Waals surface area (Å²) in [5.74, 6) is 1.43. The number of hydrogen-bond acceptors (Lipinski definition) is 2. The van der Waals surface area contributed by atoms with Gasteiger partial charge in [0.1, 0.15) is 0 Å². The number of rotatable bonds is 5. The third-order valence-corrected chi connectivity index (χ3v) is 5.24. The van der Waals surface area contributed by atoms with E-state index in [0.717, 1.165) is 31.9 Å². The summed E-state index contributed by atoms with van der Waals surface area (Å²) < 4.78 is 3.33. The molecule has 2 rings (SSSR count). The van der Waals surface area contributed by atoms with Crippen LogP contribution in [0.25, 0.3) is 0 Å². The third-order valence-electron chi connectivity index (χ3n) is 3.89. The highest BCUT2D eigenvalue weighted by Gasteiger charge is 2.22. The molecule has 0 bridgehead atoms. The molecule has 0 aliphatic carbocycles. The zero-order valence-corrected chi connectivity index (χ0v) is 14.2. The van der Waals surface area contributed by atoms with E-state index in [9.17, 15) is 0 Å². The van der Waals surface area contributed by atoms with Gasteiger partial charge in [0.05, 0.1) is 15.9 Å². The van der Waals surface area contributed by atoms with Crippen LogP contribution < -0.4 is 0 Å². The Bertz CT molecular complexity index is 419. The van der Waals surface area contributed by atoms with E-state index in [4.69, 9.17) is 11.6 Å². The molecule has 1 unspecified atom stereocenters. The zero-order chi connectivity index (χ0) is 13.8. The Morgan fingerprint density at radius 1 is 1.42 bits per heavy atom. The lowest BCUT2D eigenvalue weighted by Crippen LogP contribution is -2.36. The Balaban J connectivity index is 2.11. The van der Waals surface area contributed by atoms with Crippen molar-refractivity contribution in [3.63, 3.8) is 0 Å². The molecule has 108 valence electrons. The predicted molar refractivity (Wildman–Crippen MR) is 83.7 cm³/mol. The van der Waals surface area contributed by atoms with E-state index in [1.165, 1.54) is 35.2 Å². The molecule has 19 heavy (non-hydrogen) atoms. The van der Waals surface area contributed by atoms with Crippen LogP contribution in [0.3, 0.4) is 0 Å². The highest BCUT2D eigenvalue weighted by Crippen LogP contribution is 2.26. The van der Waals surface area contributed by atoms with Gasteiger partial charge in [-0.05, 0) is 54.6 Å². The lowest BCUT2D eigenvalue weighted by Gasteiger charge is -2.31. The van der Waals surface area contributed by atoms with Gasteiger partial charge in [-0.15, -0.1) is 11.6 Å². The number of nitrogens with zero attached hydrogens (tertiary/aromatic N) is 3. The Morgan fingerprint density at radius 2 is 2.21 bits per heavy atom. The molecule has 5 heteroatoms. The molecule has 2 heterocycles. The van der Waals surface area contributed by atoms with Gasteiger partial charge in [0.25, 0.3) is 0 Å². The number of likely N-dealkylation sites (tertiary alicyclic amines) is 1. The first-order chi connectivity index (χ1) is 9.19. The van der Waals surface area contributed by atoms with Crippen LogP contribution in [-0.4, -0.2) is 33.6 Å². The van der Waals surface area contributed by atoms with Crippen LogP contribution in [-0.2, 0) is 19.5 Å². The normalized spacial score (nSPS) is 20.9. The maximum Gasteiger partial charge on any atom is 0.0767 e. The van der Waals surface area contributed by atoms with Crippen LogP contribution in [0.2, 0.25) is 0 Å². The van der Waals surface area contributed by atoms with E-state index in [-0.39, 0.29) is 0 Å². The first kappa shape index (κ1) is 15.3. The second-order valence-electron chi connectivity index (χ2n) is 5.27. The number of hydrogen-bond donors (Lipinski definition) is 0. The van der Waals surface area contributed by atoms with Gasteiger partial charge in [-0.3, -0.25) is 9.58 Å². The molecule has 0 aromatic carbocycles. The summed E-state index contributed by atoms with van der Waals surface area (Å²) in [5, 5.41) is 4.67. The smallest absolute Gasteiger partial charge is 0.0767 e. The highest BCUT2D eigenvalue weighted by molar-refractivity contribution is 9.10. The van der Waals surface area contributed by atoms with Gasteiger partial charge < -0.3 is 0 Å². The quantitative estimate of drug-likeness (QED) is 0.757. The first-order valence-corrected chi connectivity index (χ1v) is 8.54. The van der Waals surface area contributed by atoms with Gasteiger partial charge in [-0.1, -0.05) is 6.92 Å². The lowest BCUT2D eigenvalue weighted by atomic mass is 10.00. The van der Waals surface area contributed by atoms with Crippen LogP contribution in [0.5, 0.6) is 0 Å². The third kappa shape index (κ3) is 3.53. The molecule has 1 atom stereocenters. The van der Waals surface area contributed by atoms with E-state index in [1.54, 1.807) is 0 Å². The standard InChI is InChI=1S/C14H23BrClN3/c1-3-12-14(15)13(19(4-2)17-12)10-18-7-5-6-11(8-16)9-18/h11H,3-10H2,1-2H3. The van der Waals surface area contributed by atoms with E-state index in [2.05, 4.69) is 44.5 Å². The van der Waals surface area contributed by atoms with Gasteiger partial charge in [-0.25, -0.2) is 0 Å². The Kier molecular flexibility index (Phi) is 5.72. The lowest BCUT2D eigenvalue weighted by molar-refractivity contribution is 0.173. The van der Waals surface area contributed by atoms with Crippen molar-refractivity contribution in [3.8, 4) is 0 Å². The van der Waals surface area contributed by atoms with E-state index >= 15 is 0 Å². The van der Waals surface area contributed by atoms with Gasteiger partial charge in [0, 0.05) is 25.5 Å². The second kappa shape index (κ2) is 7.09. The van der Waals surface area contributed by atoms with Crippen molar-refractivity contribution in [1.29, 1.82) is 0 Å². The summed E-state index contributed by atoms with van der Waals surface area (Å²) in [4.78, 5) is 2.52. The first-order valence-electron chi connectivity index (χ1n) is 7.21. The Labute approximate surface area is 129 Å². The number of alkyl halides is 1. The van der Waals surface area contributed by atoms with E-state index in [0.29, 0.717) is 5.92 Å². The molecule has 1 saturated heterocycles. The minimum atomic E-state index is 0.651. The summed E-state index contributed by atoms with van der Waals surface area (Å²) in [5.41, 5.74) is 2.48. The van der Waals surface area contributed by atoms with Crippen LogP contribution in [0, 0.1) is 5.92 Å². The summed E-state index contributed by atoms with van der Waals surface area (Å²) in [6, 6.07) is 0. The topological polar surface area (TPSA) is 21.1 Å². The molecule has 1 aromatic rings. The summed E-state index contributed by atoms with van der Waals surface area (Å²) in [6.07, 6.45) is 3.51.